The van der Waals surface area contributed by atoms with Crippen molar-refractivity contribution in [2.24, 2.45) is 0 Å². The SMILES string of the molecule is COc1ccc(-c2cccc(OC(C)(C)C)c2-c2ccc(OC)cc2)cc1. The fourth-order valence-corrected chi connectivity index (χ4v) is 3.01. The number of methoxy groups -OCH3 is 2. The van der Waals surface area contributed by atoms with Gasteiger partial charge in [-0.3, -0.25) is 0 Å². The highest BCUT2D eigenvalue weighted by Gasteiger charge is 2.19. The largest absolute Gasteiger partial charge is 0.497 e. The minimum Gasteiger partial charge on any atom is -0.497 e. The number of rotatable bonds is 5. The third kappa shape index (κ3) is 4.43. The van der Waals surface area contributed by atoms with Crippen molar-refractivity contribution in [1.29, 1.82) is 0 Å². The van der Waals surface area contributed by atoms with Gasteiger partial charge in [-0.2, -0.15) is 0 Å². The Labute approximate surface area is 161 Å². The van der Waals surface area contributed by atoms with Gasteiger partial charge in [0.25, 0.3) is 0 Å². The maximum Gasteiger partial charge on any atom is 0.128 e. The molecule has 3 heteroatoms. The van der Waals surface area contributed by atoms with E-state index < -0.39 is 0 Å². The number of hydrogen-bond acceptors (Lipinski definition) is 3. The van der Waals surface area contributed by atoms with Gasteiger partial charge < -0.3 is 14.2 Å². The molecule has 0 fully saturated rings. The fraction of sp³-hybridized carbons (Fsp3) is 0.250. The summed E-state index contributed by atoms with van der Waals surface area (Å²) in [5.74, 6) is 2.53. The van der Waals surface area contributed by atoms with Crippen LogP contribution in [0.25, 0.3) is 22.3 Å². The van der Waals surface area contributed by atoms with Gasteiger partial charge in [0.2, 0.25) is 0 Å². The van der Waals surface area contributed by atoms with Gasteiger partial charge in [0.05, 0.1) is 14.2 Å². The molecule has 0 aromatic heterocycles. The van der Waals surface area contributed by atoms with E-state index in [1.165, 1.54) is 0 Å². The highest BCUT2D eigenvalue weighted by molar-refractivity contribution is 5.88. The second-order valence-corrected chi connectivity index (χ2v) is 7.35. The van der Waals surface area contributed by atoms with Crippen molar-refractivity contribution in [2.45, 2.75) is 26.4 Å². The first-order chi connectivity index (χ1) is 12.9. The highest BCUT2D eigenvalue weighted by atomic mass is 16.5. The number of benzene rings is 3. The molecule has 0 radical (unpaired) electrons. The van der Waals surface area contributed by atoms with E-state index in [-0.39, 0.29) is 5.60 Å². The first-order valence-corrected chi connectivity index (χ1v) is 9.02. The molecular formula is C24H26O3. The topological polar surface area (TPSA) is 27.7 Å². The van der Waals surface area contributed by atoms with Gasteiger partial charge in [0, 0.05) is 5.56 Å². The van der Waals surface area contributed by atoms with Crippen LogP contribution in [0, 0.1) is 0 Å². The van der Waals surface area contributed by atoms with Crippen molar-refractivity contribution in [2.75, 3.05) is 14.2 Å². The monoisotopic (exact) mass is 362 g/mol. The molecule has 0 N–H and O–H groups in total. The minimum atomic E-state index is -0.292. The molecule has 3 rings (SSSR count). The third-order valence-electron chi connectivity index (χ3n) is 4.22. The highest BCUT2D eigenvalue weighted by Crippen LogP contribution is 2.41. The number of ether oxygens (including phenoxy) is 3. The van der Waals surface area contributed by atoms with Gasteiger partial charge in [0.1, 0.15) is 22.8 Å². The Morgan fingerprint density at radius 1 is 0.630 bits per heavy atom. The molecule has 0 saturated carbocycles. The van der Waals surface area contributed by atoms with Crippen LogP contribution in [0.2, 0.25) is 0 Å². The van der Waals surface area contributed by atoms with Crippen LogP contribution in [0.4, 0.5) is 0 Å². The van der Waals surface area contributed by atoms with Crippen molar-refractivity contribution >= 4 is 0 Å². The molecule has 0 aliphatic heterocycles. The first-order valence-electron chi connectivity index (χ1n) is 9.02. The van der Waals surface area contributed by atoms with Gasteiger partial charge in [-0.25, -0.2) is 0 Å². The van der Waals surface area contributed by atoms with Crippen LogP contribution < -0.4 is 14.2 Å². The number of hydrogen-bond donors (Lipinski definition) is 0. The molecule has 3 aromatic carbocycles. The smallest absolute Gasteiger partial charge is 0.128 e. The minimum absolute atomic E-state index is 0.292. The molecule has 27 heavy (non-hydrogen) atoms. The average molecular weight is 362 g/mol. The lowest BCUT2D eigenvalue weighted by Gasteiger charge is -2.25. The molecule has 0 aliphatic carbocycles. The second-order valence-electron chi connectivity index (χ2n) is 7.35. The Kier molecular flexibility index (Phi) is 5.41. The molecule has 0 spiro atoms. The Morgan fingerprint density at radius 2 is 1.15 bits per heavy atom. The molecule has 3 aromatic rings. The lowest BCUT2D eigenvalue weighted by molar-refractivity contribution is 0.132. The second kappa shape index (κ2) is 7.75. The Bertz CT molecular complexity index is 888. The Balaban J connectivity index is 2.17. The van der Waals surface area contributed by atoms with Gasteiger partial charge in [0.15, 0.2) is 0 Å². The predicted octanol–water partition coefficient (Wildman–Crippen LogP) is 6.22. The summed E-state index contributed by atoms with van der Waals surface area (Å²) in [4.78, 5) is 0. The summed E-state index contributed by atoms with van der Waals surface area (Å²) in [6, 6.07) is 22.4. The summed E-state index contributed by atoms with van der Waals surface area (Å²) in [5, 5.41) is 0. The standard InChI is InChI=1S/C24H26O3/c1-24(2,3)27-22-8-6-7-21(17-9-13-19(25-4)14-10-17)23(22)18-11-15-20(26-5)16-12-18/h6-16H,1-5H3. The van der Waals surface area contributed by atoms with E-state index in [0.29, 0.717) is 0 Å². The molecule has 0 heterocycles. The Hall–Kier alpha value is -2.94. The van der Waals surface area contributed by atoms with Crippen LogP contribution in [0.5, 0.6) is 17.2 Å². The maximum absolute atomic E-state index is 6.29. The van der Waals surface area contributed by atoms with E-state index in [1.54, 1.807) is 14.2 Å². The summed E-state index contributed by atoms with van der Waals surface area (Å²) < 4.78 is 16.9. The van der Waals surface area contributed by atoms with Crippen molar-refractivity contribution in [3.63, 3.8) is 0 Å². The normalized spacial score (nSPS) is 11.1. The zero-order valence-electron chi connectivity index (χ0n) is 16.6. The van der Waals surface area contributed by atoms with E-state index in [4.69, 9.17) is 14.2 Å². The van der Waals surface area contributed by atoms with E-state index in [9.17, 15) is 0 Å². The lowest BCUT2D eigenvalue weighted by atomic mass is 9.93. The van der Waals surface area contributed by atoms with Crippen LogP contribution in [0.3, 0.4) is 0 Å². The zero-order valence-corrected chi connectivity index (χ0v) is 16.6. The van der Waals surface area contributed by atoms with E-state index in [0.717, 1.165) is 39.5 Å². The zero-order chi connectivity index (χ0) is 19.4. The molecule has 0 atom stereocenters. The van der Waals surface area contributed by atoms with Crippen LogP contribution >= 0.6 is 0 Å². The van der Waals surface area contributed by atoms with Gasteiger partial charge in [-0.15, -0.1) is 0 Å². The summed E-state index contributed by atoms with van der Waals surface area (Å²) in [7, 11) is 3.35. The molecule has 3 nitrogen and oxygen atoms in total. The van der Waals surface area contributed by atoms with Crippen molar-refractivity contribution in [1.82, 2.24) is 0 Å². The molecular weight excluding hydrogens is 336 g/mol. The summed E-state index contributed by atoms with van der Waals surface area (Å²) in [6.45, 7) is 6.18. The van der Waals surface area contributed by atoms with Crippen molar-refractivity contribution in [3.8, 4) is 39.5 Å². The van der Waals surface area contributed by atoms with Crippen LogP contribution in [-0.4, -0.2) is 19.8 Å². The summed E-state index contributed by atoms with van der Waals surface area (Å²) >= 11 is 0. The predicted molar refractivity (Wildman–Crippen MR) is 111 cm³/mol. The molecule has 0 bridgehead atoms. The molecule has 0 saturated heterocycles. The van der Waals surface area contributed by atoms with E-state index in [1.807, 2.05) is 36.4 Å². The third-order valence-corrected chi connectivity index (χ3v) is 4.22. The quantitative estimate of drug-likeness (QED) is 0.539. The molecule has 0 unspecified atom stereocenters. The maximum atomic E-state index is 6.29. The molecule has 0 amide bonds. The molecule has 0 aliphatic rings. The van der Waals surface area contributed by atoms with Crippen LogP contribution in [-0.2, 0) is 0 Å². The lowest BCUT2D eigenvalue weighted by Crippen LogP contribution is -2.23. The fourth-order valence-electron chi connectivity index (χ4n) is 3.01. The molecule has 140 valence electrons. The van der Waals surface area contributed by atoms with Crippen LogP contribution in [0.15, 0.2) is 66.7 Å². The Morgan fingerprint density at radius 3 is 1.63 bits per heavy atom. The van der Waals surface area contributed by atoms with Crippen molar-refractivity contribution in [3.05, 3.63) is 66.7 Å². The van der Waals surface area contributed by atoms with Crippen LogP contribution in [0.1, 0.15) is 20.8 Å². The summed E-state index contributed by atoms with van der Waals surface area (Å²) in [5.41, 5.74) is 4.09. The van der Waals surface area contributed by atoms with Crippen molar-refractivity contribution < 1.29 is 14.2 Å². The van der Waals surface area contributed by atoms with E-state index >= 15 is 0 Å². The van der Waals surface area contributed by atoms with E-state index in [2.05, 4.69) is 51.1 Å². The first kappa shape index (κ1) is 18.8. The average Bonchev–Trinajstić information content (AvgIpc) is 2.67. The van der Waals surface area contributed by atoms with Gasteiger partial charge >= 0.3 is 0 Å². The van der Waals surface area contributed by atoms with Gasteiger partial charge in [-0.1, -0.05) is 36.4 Å². The summed E-state index contributed by atoms with van der Waals surface area (Å²) in [6.07, 6.45) is 0. The van der Waals surface area contributed by atoms with Gasteiger partial charge in [-0.05, 0) is 67.8 Å².